The molecule has 2 aromatic carbocycles. The Kier molecular flexibility index (Phi) is 6.72. The van der Waals surface area contributed by atoms with E-state index in [0.29, 0.717) is 23.0 Å². The van der Waals surface area contributed by atoms with E-state index >= 15 is 0 Å². The second kappa shape index (κ2) is 8.99. The molecule has 2 aromatic rings. The summed E-state index contributed by atoms with van der Waals surface area (Å²) in [6.45, 7) is 0. The topological polar surface area (TPSA) is 63.2 Å². The van der Waals surface area contributed by atoms with Gasteiger partial charge in [0.05, 0.1) is 42.0 Å². The molecule has 0 aliphatic rings. The average molecular weight is 360 g/mol. The lowest BCUT2D eigenvalue weighted by atomic mass is 9.87. The van der Waals surface area contributed by atoms with Crippen molar-refractivity contribution in [2.75, 3.05) is 35.5 Å². The van der Waals surface area contributed by atoms with Gasteiger partial charge in [-0.15, -0.1) is 0 Å². The summed E-state index contributed by atoms with van der Waals surface area (Å²) in [7, 11) is 7.72. The maximum Gasteiger partial charge on any atom is 0.306 e. The molecule has 26 heavy (non-hydrogen) atoms. The zero-order chi connectivity index (χ0) is 19.1. The third-order valence-corrected chi connectivity index (χ3v) is 4.23. The molecule has 6 nitrogen and oxygen atoms in total. The first-order chi connectivity index (χ1) is 12.6. The highest BCUT2D eigenvalue weighted by Crippen LogP contribution is 2.41. The van der Waals surface area contributed by atoms with E-state index < -0.39 is 0 Å². The smallest absolute Gasteiger partial charge is 0.306 e. The molecule has 0 radical (unpaired) electrons. The number of benzene rings is 2. The van der Waals surface area contributed by atoms with Crippen molar-refractivity contribution in [3.05, 3.63) is 47.5 Å². The predicted octanol–water partition coefficient (Wildman–Crippen LogP) is 3.42. The minimum absolute atomic E-state index is 0.141. The lowest BCUT2D eigenvalue weighted by Crippen LogP contribution is -2.12. The quantitative estimate of drug-likeness (QED) is 0.672. The monoisotopic (exact) mass is 360 g/mol. The van der Waals surface area contributed by atoms with E-state index in [4.69, 9.17) is 23.7 Å². The van der Waals surface area contributed by atoms with Crippen molar-refractivity contribution >= 4 is 5.97 Å². The van der Waals surface area contributed by atoms with Crippen molar-refractivity contribution in [2.45, 2.75) is 12.3 Å². The Balaban J connectivity index is 2.60. The molecule has 0 aromatic heterocycles. The van der Waals surface area contributed by atoms with Crippen molar-refractivity contribution < 1.29 is 28.5 Å². The Morgan fingerprint density at radius 2 is 1.23 bits per heavy atom. The third kappa shape index (κ3) is 4.20. The van der Waals surface area contributed by atoms with Crippen molar-refractivity contribution in [3.63, 3.8) is 0 Å². The Hall–Kier alpha value is -2.89. The zero-order valence-corrected chi connectivity index (χ0v) is 15.7. The maximum absolute atomic E-state index is 12.1. The Morgan fingerprint density at radius 1 is 0.769 bits per heavy atom. The highest BCUT2D eigenvalue weighted by Gasteiger charge is 2.25. The van der Waals surface area contributed by atoms with Gasteiger partial charge in [-0.2, -0.15) is 0 Å². The molecule has 0 bridgehead atoms. The first kappa shape index (κ1) is 19.4. The van der Waals surface area contributed by atoms with Crippen LogP contribution in [-0.2, 0) is 9.53 Å². The van der Waals surface area contributed by atoms with Crippen LogP contribution in [0.15, 0.2) is 36.4 Å². The third-order valence-electron chi connectivity index (χ3n) is 4.23. The van der Waals surface area contributed by atoms with E-state index in [-0.39, 0.29) is 18.3 Å². The number of rotatable bonds is 8. The number of methoxy groups -OCH3 is 5. The number of carbonyl (C=O) groups excluding carboxylic acids is 1. The second-order valence-corrected chi connectivity index (χ2v) is 5.55. The summed E-state index contributed by atoms with van der Waals surface area (Å²) in [5.41, 5.74) is 1.67. The van der Waals surface area contributed by atoms with Crippen LogP contribution in [0.5, 0.6) is 23.0 Å². The van der Waals surface area contributed by atoms with E-state index in [9.17, 15) is 4.79 Å². The van der Waals surface area contributed by atoms with Crippen LogP contribution in [0, 0.1) is 0 Å². The molecule has 6 heteroatoms. The molecule has 2 rings (SSSR count). The highest BCUT2D eigenvalue weighted by molar-refractivity contribution is 5.72. The molecule has 0 atom stereocenters. The average Bonchev–Trinajstić information content (AvgIpc) is 2.70. The SMILES string of the molecule is COC(=O)CC(c1ccc(OC)cc1OC)c1ccc(OC)cc1OC. The van der Waals surface area contributed by atoms with Gasteiger partial charge in [0, 0.05) is 29.2 Å². The predicted molar refractivity (Wildman–Crippen MR) is 97.6 cm³/mol. The van der Waals surface area contributed by atoms with Crippen LogP contribution in [0.4, 0.5) is 0 Å². The van der Waals surface area contributed by atoms with Gasteiger partial charge in [0.1, 0.15) is 23.0 Å². The summed E-state index contributed by atoms with van der Waals surface area (Å²) < 4.78 is 26.5. The van der Waals surface area contributed by atoms with Crippen LogP contribution in [0.1, 0.15) is 23.5 Å². The van der Waals surface area contributed by atoms with Crippen LogP contribution < -0.4 is 18.9 Å². The maximum atomic E-state index is 12.1. The minimum atomic E-state index is -0.328. The van der Waals surface area contributed by atoms with Gasteiger partial charge in [-0.25, -0.2) is 0 Å². The van der Waals surface area contributed by atoms with Gasteiger partial charge in [-0.1, -0.05) is 12.1 Å². The van der Waals surface area contributed by atoms with Crippen molar-refractivity contribution in [1.29, 1.82) is 0 Å². The van der Waals surface area contributed by atoms with Crippen LogP contribution in [-0.4, -0.2) is 41.5 Å². The van der Waals surface area contributed by atoms with Crippen molar-refractivity contribution in [3.8, 4) is 23.0 Å². The number of ether oxygens (including phenoxy) is 5. The number of hydrogen-bond acceptors (Lipinski definition) is 6. The summed E-state index contributed by atoms with van der Waals surface area (Å²) in [5, 5.41) is 0. The van der Waals surface area contributed by atoms with Gasteiger partial charge in [0.15, 0.2) is 0 Å². The standard InChI is InChI=1S/C20H24O6/c1-22-13-6-8-15(18(10-13)24-3)17(12-20(21)26-5)16-9-7-14(23-2)11-19(16)25-4/h6-11,17H,12H2,1-5H3. The summed E-state index contributed by atoms with van der Waals surface area (Å²) in [5.74, 6) is 1.94. The lowest BCUT2D eigenvalue weighted by Gasteiger charge is -2.22. The number of hydrogen-bond donors (Lipinski definition) is 0. The fourth-order valence-electron chi connectivity index (χ4n) is 2.85. The Labute approximate surface area is 153 Å². The molecule has 0 aliphatic heterocycles. The molecule has 140 valence electrons. The first-order valence-corrected chi connectivity index (χ1v) is 8.08. The van der Waals surface area contributed by atoms with Gasteiger partial charge in [0.25, 0.3) is 0 Å². The van der Waals surface area contributed by atoms with Gasteiger partial charge < -0.3 is 23.7 Å². The summed E-state index contributed by atoms with van der Waals surface area (Å²) in [4.78, 5) is 12.1. The van der Waals surface area contributed by atoms with Gasteiger partial charge in [-0.05, 0) is 12.1 Å². The molecule has 0 N–H and O–H groups in total. The summed E-state index contributed by atoms with van der Waals surface area (Å²) >= 11 is 0. The van der Waals surface area contributed by atoms with Gasteiger partial charge >= 0.3 is 5.97 Å². The minimum Gasteiger partial charge on any atom is -0.497 e. The van der Waals surface area contributed by atoms with Crippen LogP contribution in [0.3, 0.4) is 0 Å². The number of carbonyl (C=O) groups is 1. The Bertz CT molecular complexity index is 700. The molecule has 0 heterocycles. The molecule has 0 aliphatic carbocycles. The fraction of sp³-hybridized carbons (Fsp3) is 0.350. The van der Waals surface area contributed by atoms with Crippen LogP contribution in [0.2, 0.25) is 0 Å². The second-order valence-electron chi connectivity index (χ2n) is 5.55. The number of esters is 1. The molecule has 0 unspecified atom stereocenters. The summed E-state index contributed by atoms with van der Waals surface area (Å²) in [6, 6.07) is 11.0. The van der Waals surface area contributed by atoms with Crippen molar-refractivity contribution in [1.82, 2.24) is 0 Å². The zero-order valence-electron chi connectivity index (χ0n) is 15.7. The summed E-state index contributed by atoms with van der Waals surface area (Å²) in [6.07, 6.45) is 0.141. The molecule has 0 fully saturated rings. The molecule has 0 saturated heterocycles. The molecule has 0 amide bonds. The van der Waals surface area contributed by atoms with E-state index in [1.807, 2.05) is 24.3 Å². The van der Waals surface area contributed by atoms with Crippen molar-refractivity contribution in [2.24, 2.45) is 0 Å². The highest BCUT2D eigenvalue weighted by atomic mass is 16.5. The van der Waals surface area contributed by atoms with E-state index in [1.54, 1.807) is 40.6 Å². The lowest BCUT2D eigenvalue weighted by molar-refractivity contribution is -0.140. The fourth-order valence-corrected chi connectivity index (χ4v) is 2.85. The Morgan fingerprint density at radius 3 is 1.58 bits per heavy atom. The van der Waals surface area contributed by atoms with E-state index in [2.05, 4.69) is 0 Å². The van der Waals surface area contributed by atoms with Gasteiger partial charge in [-0.3, -0.25) is 4.79 Å². The van der Waals surface area contributed by atoms with E-state index in [1.165, 1.54) is 7.11 Å². The first-order valence-electron chi connectivity index (χ1n) is 8.08. The molecular weight excluding hydrogens is 336 g/mol. The molecule has 0 saturated carbocycles. The van der Waals surface area contributed by atoms with Crippen LogP contribution >= 0.6 is 0 Å². The largest absolute Gasteiger partial charge is 0.497 e. The molecule has 0 spiro atoms. The van der Waals surface area contributed by atoms with Gasteiger partial charge in [0.2, 0.25) is 0 Å². The van der Waals surface area contributed by atoms with Crippen LogP contribution in [0.25, 0.3) is 0 Å². The normalized spacial score (nSPS) is 10.4. The molecular formula is C20H24O6. The van der Waals surface area contributed by atoms with E-state index in [0.717, 1.165) is 11.1 Å².